The van der Waals surface area contributed by atoms with Crippen molar-refractivity contribution < 1.29 is 14.3 Å². The molecule has 0 atom stereocenters. The second-order valence-corrected chi connectivity index (χ2v) is 6.52. The van der Waals surface area contributed by atoms with Crippen LogP contribution >= 0.6 is 22.7 Å². The first kappa shape index (κ1) is 16.6. The first-order chi connectivity index (χ1) is 10.6. The van der Waals surface area contributed by atoms with Gasteiger partial charge in [-0.15, -0.1) is 22.7 Å². The summed E-state index contributed by atoms with van der Waals surface area (Å²) >= 11 is 3.00. The summed E-state index contributed by atoms with van der Waals surface area (Å²) in [6.45, 7) is 4.44. The highest BCUT2D eigenvalue weighted by atomic mass is 32.1. The van der Waals surface area contributed by atoms with Crippen LogP contribution in [0.3, 0.4) is 0 Å². The molecule has 118 valence electrons. The zero-order chi connectivity index (χ0) is 15.9. The molecule has 1 amide bonds. The van der Waals surface area contributed by atoms with Crippen LogP contribution in [0.2, 0.25) is 0 Å². The van der Waals surface area contributed by atoms with E-state index in [1.165, 1.54) is 11.3 Å². The molecule has 0 aliphatic carbocycles. The molecule has 0 saturated carbocycles. The summed E-state index contributed by atoms with van der Waals surface area (Å²) < 4.78 is 4.84. The molecule has 0 fully saturated rings. The topological polar surface area (TPSA) is 68.3 Å². The number of ether oxygens (including phenoxy) is 1. The number of carbonyl (C=O) groups excluding carboxylic acids is 2. The lowest BCUT2D eigenvalue weighted by Crippen LogP contribution is -2.24. The van der Waals surface area contributed by atoms with E-state index in [9.17, 15) is 9.59 Å². The van der Waals surface area contributed by atoms with Crippen molar-refractivity contribution in [1.82, 2.24) is 10.3 Å². The summed E-state index contributed by atoms with van der Waals surface area (Å²) in [5.74, 6) is -0.368. The van der Waals surface area contributed by atoms with Crippen LogP contribution in [0.15, 0.2) is 17.5 Å². The molecule has 22 heavy (non-hydrogen) atoms. The van der Waals surface area contributed by atoms with Gasteiger partial charge in [-0.3, -0.25) is 9.59 Å². The molecule has 0 saturated heterocycles. The van der Waals surface area contributed by atoms with Crippen LogP contribution in [-0.4, -0.2) is 30.0 Å². The van der Waals surface area contributed by atoms with Crippen LogP contribution < -0.4 is 5.32 Å². The molecule has 7 heteroatoms. The highest BCUT2D eigenvalue weighted by Crippen LogP contribution is 2.30. The Bertz CT molecular complexity index is 635. The summed E-state index contributed by atoms with van der Waals surface area (Å²) in [4.78, 5) is 29.5. The second-order valence-electron chi connectivity index (χ2n) is 4.58. The van der Waals surface area contributed by atoms with Crippen LogP contribution in [0.25, 0.3) is 9.88 Å². The lowest BCUT2D eigenvalue weighted by molar-refractivity contribution is -0.143. The lowest BCUT2D eigenvalue weighted by atomic mass is 10.3. The maximum atomic E-state index is 12.2. The Morgan fingerprint density at radius 3 is 2.91 bits per heavy atom. The molecular weight excluding hydrogens is 320 g/mol. The normalized spacial score (nSPS) is 10.5. The van der Waals surface area contributed by atoms with E-state index in [4.69, 9.17) is 4.74 Å². The minimum absolute atomic E-state index is 0.137. The smallest absolute Gasteiger partial charge is 0.305 e. The maximum Gasteiger partial charge on any atom is 0.305 e. The Morgan fingerprint density at radius 1 is 1.41 bits per heavy atom. The number of rotatable bonds is 7. The number of carbonyl (C=O) groups is 2. The van der Waals surface area contributed by atoms with Crippen molar-refractivity contribution in [2.24, 2.45) is 0 Å². The molecule has 0 bridgehead atoms. The van der Waals surface area contributed by atoms with E-state index in [-0.39, 0.29) is 11.9 Å². The summed E-state index contributed by atoms with van der Waals surface area (Å²) in [5.41, 5.74) is 0.733. The molecule has 0 radical (unpaired) electrons. The Hall–Kier alpha value is -1.73. The number of nitrogens with zero attached hydrogens (tertiary/aromatic N) is 1. The number of nitrogens with one attached hydrogen (secondary N) is 1. The Morgan fingerprint density at radius 2 is 2.23 bits per heavy atom. The van der Waals surface area contributed by atoms with Gasteiger partial charge in [0.15, 0.2) is 0 Å². The minimum Gasteiger partial charge on any atom is -0.466 e. The van der Waals surface area contributed by atoms with Crippen molar-refractivity contribution in [3.05, 3.63) is 28.1 Å². The van der Waals surface area contributed by atoms with Gasteiger partial charge in [0, 0.05) is 13.0 Å². The van der Waals surface area contributed by atoms with Crippen molar-refractivity contribution in [3.63, 3.8) is 0 Å². The van der Waals surface area contributed by atoms with E-state index in [1.807, 2.05) is 24.4 Å². The van der Waals surface area contributed by atoms with Gasteiger partial charge >= 0.3 is 5.97 Å². The van der Waals surface area contributed by atoms with Crippen molar-refractivity contribution >= 4 is 34.6 Å². The van der Waals surface area contributed by atoms with Crippen LogP contribution in [0.4, 0.5) is 0 Å². The van der Waals surface area contributed by atoms with Crippen molar-refractivity contribution in [2.45, 2.75) is 26.7 Å². The van der Waals surface area contributed by atoms with Crippen molar-refractivity contribution in [3.8, 4) is 9.88 Å². The average Bonchev–Trinajstić information content (AvgIpc) is 3.12. The summed E-state index contributed by atoms with van der Waals surface area (Å²) in [6, 6.07) is 3.95. The lowest BCUT2D eigenvalue weighted by Gasteiger charge is -2.04. The fourth-order valence-corrected chi connectivity index (χ4v) is 3.64. The van der Waals surface area contributed by atoms with Gasteiger partial charge in [0.25, 0.3) is 5.91 Å². The van der Waals surface area contributed by atoms with Gasteiger partial charge in [0.05, 0.1) is 17.2 Å². The van der Waals surface area contributed by atoms with E-state index < -0.39 is 0 Å². The van der Waals surface area contributed by atoms with Gasteiger partial charge in [-0.25, -0.2) is 4.98 Å². The number of aromatic nitrogens is 1. The van der Waals surface area contributed by atoms with E-state index in [1.54, 1.807) is 18.3 Å². The van der Waals surface area contributed by atoms with Gasteiger partial charge in [-0.1, -0.05) is 6.07 Å². The van der Waals surface area contributed by atoms with E-state index in [0.29, 0.717) is 30.9 Å². The van der Waals surface area contributed by atoms with Gasteiger partial charge in [-0.2, -0.15) is 0 Å². The number of esters is 1. The van der Waals surface area contributed by atoms with Crippen LogP contribution in [-0.2, 0) is 9.53 Å². The minimum atomic E-state index is -0.231. The second kappa shape index (κ2) is 8.05. The molecule has 0 aliphatic heterocycles. The fourth-order valence-electron chi connectivity index (χ4n) is 1.86. The first-order valence-electron chi connectivity index (χ1n) is 7.07. The molecule has 0 aliphatic rings. The predicted octanol–water partition coefficient (Wildman–Crippen LogP) is 3.25. The molecule has 0 spiro atoms. The Labute approximate surface area is 137 Å². The van der Waals surface area contributed by atoms with Gasteiger partial charge in [0.2, 0.25) is 0 Å². The largest absolute Gasteiger partial charge is 0.466 e. The maximum absolute atomic E-state index is 12.2. The van der Waals surface area contributed by atoms with Gasteiger partial charge < -0.3 is 10.1 Å². The first-order valence-corrected chi connectivity index (χ1v) is 8.76. The van der Waals surface area contributed by atoms with Gasteiger partial charge in [-0.05, 0) is 31.7 Å². The molecule has 2 aromatic rings. The SMILES string of the molecule is CCOC(=O)CCCNC(=O)c1sc(-c2cccs2)nc1C. The Balaban J connectivity index is 1.86. The summed E-state index contributed by atoms with van der Waals surface area (Å²) in [5, 5.41) is 5.68. The van der Waals surface area contributed by atoms with E-state index in [2.05, 4.69) is 10.3 Å². The molecule has 1 N–H and O–H groups in total. The molecule has 2 aromatic heterocycles. The number of hydrogen-bond donors (Lipinski definition) is 1. The highest BCUT2D eigenvalue weighted by Gasteiger charge is 2.16. The Kier molecular flexibility index (Phi) is 6.09. The number of aryl methyl sites for hydroxylation is 1. The number of amides is 1. The standard InChI is InChI=1S/C15H18N2O3S2/c1-3-20-12(18)7-4-8-16-14(19)13-10(2)17-15(22-13)11-6-5-9-21-11/h5-6,9H,3-4,7-8H2,1-2H3,(H,16,19). The zero-order valence-corrected chi connectivity index (χ0v) is 14.2. The summed E-state index contributed by atoms with van der Waals surface area (Å²) in [7, 11) is 0. The monoisotopic (exact) mass is 338 g/mol. The number of thiophene rings is 1. The van der Waals surface area contributed by atoms with Crippen LogP contribution in [0.5, 0.6) is 0 Å². The third-order valence-electron chi connectivity index (χ3n) is 2.88. The van der Waals surface area contributed by atoms with Crippen LogP contribution in [0.1, 0.15) is 35.1 Å². The zero-order valence-electron chi connectivity index (χ0n) is 12.5. The average molecular weight is 338 g/mol. The highest BCUT2D eigenvalue weighted by molar-refractivity contribution is 7.22. The van der Waals surface area contributed by atoms with Crippen LogP contribution in [0, 0.1) is 6.92 Å². The number of thiazole rings is 1. The number of hydrogen-bond acceptors (Lipinski definition) is 6. The quantitative estimate of drug-likeness (QED) is 0.621. The third-order valence-corrected chi connectivity index (χ3v) is 5.08. The molecule has 0 aromatic carbocycles. The third kappa shape index (κ3) is 4.38. The van der Waals surface area contributed by atoms with Crippen molar-refractivity contribution in [2.75, 3.05) is 13.2 Å². The molecular formula is C15H18N2O3S2. The molecule has 5 nitrogen and oxygen atoms in total. The summed E-state index contributed by atoms with van der Waals surface area (Å²) in [6.07, 6.45) is 0.885. The van der Waals surface area contributed by atoms with Gasteiger partial charge in [0.1, 0.15) is 9.88 Å². The predicted molar refractivity (Wildman–Crippen MR) is 88.4 cm³/mol. The van der Waals surface area contributed by atoms with Crippen molar-refractivity contribution in [1.29, 1.82) is 0 Å². The van der Waals surface area contributed by atoms with E-state index >= 15 is 0 Å². The molecule has 2 rings (SSSR count). The molecule has 2 heterocycles. The van der Waals surface area contributed by atoms with E-state index in [0.717, 1.165) is 15.6 Å². The fraction of sp³-hybridized carbons (Fsp3) is 0.400. The molecule has 0 unspecified atom stereocenters.